The van der Waals surface area contributed by atoms with Crippen molar-refractivity contribution in [1.29, 1.82) is 0 Å². The molecule has 0 aromatic heterocycles. The van der Waals surface area contributed by atoms with Crippen LogP contribution in [0, 0.1) is 11.8 Å². The first-order chi connectivity index (χ1) is 13.8. The minimum Gasteiger partial charge on any atom is -0.381 e. The van der Waals surface area contributed by atoms with Gasteiger partial charge in [0.05, 0.1) is 0 Å². The molecule has 0 rings (SSSR count). The standard InChI is InChI=1S/C26H54O2/c1-5-9-19-25(7-3)23-27-21-17-15-13-11-12-14-16-18-22-28-24-26(8-4)20-10-6-2/h25-26H,5-24H2,1-4H3. The van der Waals surface area contributed by atoms with E-state index in [1.165, 1.54) is 103 Å². The summed E-state index contributed by atoms with van der Waals surface area (Å²) >= 11 is 0. The Balaban J connectivity index is 3.25. The monoisotopic (exact) mass is 398 g/mol. The van der Waals surface area contributed by atoms with Crippen molar-refractivity contribution in [3.8, 4) is 0 Å². The SMILES string of the molecule is CCCCC(CC)COCCCCCCCCCCOCC(CC)CCCC. The van der Waals surface area contributed by atoms with Gasteiger partial charge in [-0.05, 0) is 37.5 Å². The molecular formula is C26H54O2. The summed E-state index contributed by atoms with van der Waals surface area (Å²) in [5.74, 6) is 1.57. The lowest BCUT2D eigenvalue weighted by Gasteiger charge is -2.14. The molecule has 2 heteroatoms. The molecule has 170 valence electrons. The molecule has 0 amide bonds. The van der Waals surface area contributed by atoms with Crippen LogP contribution in [0.15, 0.2) is 0 Å². The van der Waals surface area contributed by atoms with Crippen LogP contribution in [-0.4, -0.2) is 26.4 Å². The summed E-state index contributed by atoms with van der Waals surface area (Å²) in [6, 6.07) is 0. The van der Waals surface area contributed by atoms with Crippen molar-refractivity contribution in [1.82, 2.24) is 0 Å². The third-order valence-electron chi connectivity index (χ3n) is 6.12. The maximum atomic E-state index is 5.90. The van der Waals surface area contributed by atoms with Gasteiger partial charge in [0.2, 0.25) is 0 Å². The quantitative estimate of drug-likeness (QED) is 0.160. The highest BCUT2D eigenvalue weighted by Crippen LogP contribution is 2.15. The second-order valence-electron chi connectivity index (χ2n) is 8.81. The molecule has 0 spiro atoms. The summed E-state index contributed by atoms with van der Waals surface area (Å²) in [5.41, 5.74) is 0. The maximum Gasteiger partial charge on any atom is 0.0494 e. The van der Waals surface area contributed by atoms with E-state index in [1.54, 1.807) is 0 Å². The first-order valence-corrected chi connectivity index (χ1v) is 12.9. The molecule has 0 aliphatic carbocycles. The summed E-state index contributed by atoms with van der Waals surface area (Å²) in [5, 5.41) is 0. The Morgan fingerprint density at radius 3 is 1.14 bits per heavy atom. The summed E-state index contributed by atoms with van der Waals surface area (Å²) < 4.78 is 11.8. The Kier molecular flexibility index (Phi) is 23.1. The second-order valence-corrected chi connectivity index (χ2v) is 8.81. The van der Waals surface area contributed by atoms with Gasteiger partial charge in [-0.1, -0.05) is 105 Å². The Hall–Kier alpha value is -0.0800. The van der Waals surface area contributed by atoms with E-state index in [0.717, 1.165) is 38.3 Å². The van der Waals surface area contributed by atoms with Crippen LogP contribution in [0.2, 0.25) is 0 Å². The molecule has 0 fully saturated rings. The lowest BCUT2D eigenvalue weighted by Crippen LogP contribution is -2.09. The number of rotatable bonds is 23. The normalized spacial score (nSPS) is 13.7. The van der Waals surface area contributed by atoms with Gasteiger partial charge in [0.1, 0.15) is 0 Å². The van der Waals surface area contributed by atoms with Crippen molar-refractivity contribution in [2.75, 3.05) is 26.4 Å². The summed E-state index contributed by atoms with van der Waals surface area (Å²) in [4.78, 5) is 0. The zero-order chi connectivity index (χ0) is 20.7. The van der Waals surface area contributed by atoms with E-state index in [4.69, 9.17) is 9.47 Å². The van der Waals surface area contributed by atoms with Crippen LogP contribution in [0.4, 0.5) is 0 Å². The predicted octanol–water partition coefficient (Wildman–Crippen LogP) is 8.57. The first-order valence-electron chi connectivity index (χ1n) is 12.9. The molecule has 0 saturated carbocycles. The predicted molar refractivity (Wildman–Crippen MR) is 125 cm³/mol. The van der Waals surface area contributed by atoms with Crippen molar-refractivity contribution in [2.24, 2.45) is 11.8 Å². The van der Waals surface area contributed by atoms with Crippen LogP contribution < -0.4 is 0 Å². The maximum absolute atomic E-state index is 5.90. The zero-order valence-electron chi connectivity index (χ0n) is 20.1. The third kappa shape index (κ3) is 19.2. The lowest BCUT2D eigenvalue weighted by atomic mass is 10.0. The molecule has 0 aromatic carbocycles. The van der Waals surface area contributed by atoms with Crippen molar-refractivity contribution in [2.45, 2.75) is 130 Å². The molecule has 0 aromatic rings. The highest BCUT2D eigenvalue weighted by Gasteiger charge is 2.06. The zero-order valence-corrected chi connectivity index (χ0v) is 20.1. The molecular weight excluding hydrogens is 344 g/mol. The fourth-order valence-corrected chi connectivity index (χ4v) is 3.77. The second kappa shape index (κ2) is 23.2. The molecule has 0 N–H and O–H groups in total. The summed E-state index contributed by atoms with van der Waals surface area (Å²) in [7, 11) is 0. The molecule has 0 aliphatic heterocycles. The van der Waals surface area contributed by atoms with Crippen molar-refractivity contribution in [3.05, 3.63) is 0 Å². The van der Waals surface area contributed by atoms with Crippen molar-refractivity contribution >= 4 is 0 Å². The van der Waals surface area contributed by atoms with Crippen LogP contribution in [-0.2, 0) is 9.47 Å². The largest absolute Gasteiger partial charge is 0.381 e. The summed E-state index contributed by atoms with van der Waals surface area (Å²) in [6.45, 7) is 13.0. The highest BCUT2D eigenvalue weighted by atomic mass is 16.5. The van der Waals surface area contributed by atoms with Crippen molar-refractivity contribution < 1.29 is 9.47 Å². The molecule has 28 heavy (non-hydrogen) atoms. The lowest BCUT2D eigenvalue weighted by molar-refractivity contribution is 0.0902. The Labute approximate surface area is 178 Å². The number of unbranched alkanes of at least 4 members (excludes halogenated alkanes) is 9. The van der Waals surface area contributed by atoms with Gasteiger partial charge in [0.25, 0.3) is 0 Å². The number of ether oxygens (including phenoxy) is 2. The summed E-state index contributed by atoms with van der Waals surface area (Å²) in [6.07, 6.45) is 21.2. The molecule has 0 aliphatic rings. The molecule has 2 atom stereocenters. The minimum atomic E-state index is 0.785. The van der Waals surface area contributed by atoms with E-state index in [2.05, 4.69) is 27.7 Å². The fourth-order valence-electron chi connectivity index (χ4n) is 3.77. The minimum absolute atomic E-state index is 0.785. The van der Waals surface area contributed by atoms with E-state index in [1.807, 2.05) is 0 Å². The number of hydrogen-bond acceptors (Lipinski definition) is 2. The van der Waals surface area contributed by atoms with Gasteiger partial charge in [0.15, 0.2) is 0 Å². The van der Waals surface area contributed by atoms with E-state index < -0.39 is 0 Å². The average Bonchev–Trinajstić information content (AvgIpc) is 2.72. The highest BCUT2D eigenvalue weighted by molar-refractivity contribution is 4.57. The van der Waals surface area contributed by atoms with Crippen molar-refractivity contribution in [3.63, 3.8) is 0 Å². The molecule has 2 nitrogen and oxygen atoms in total. The topological polar surface area (TPSA) is 18.5 Å². The fraction of sp³-hybridized carbons (Fsp3) is 1.00. The molecule has 0 saturated heterocycles. The van der Waals surface area contributed by atoms with Crippen LogP contribution in [0.1, 0.15) is 130 Å². The Bertz CT molecular complexity index is 252. The van der Waals surface area contributed by atoms with Gasteiger partial charge < -0.3 is 9.47 Å². The van der Waals surface area contributed by atoms with E-state index in [9.17, 15) is 0 Å². The average molecular weight is 399 g/mol. The van der Waals surface area contributed by atoms with Gasteiger partial charge >= 0.3 is 0 Å². The van der Waals surface area contributed by atoms with E-state index in [0.29, 0.717) is 0 Å². The number of hydrogen-bond donors (Lipinski definition) is 0. The van der Waals surface area contributed by atoms with E-state index in [-0.39, 0.29) is 0 Å². The van der Waals surface area contributed by atoms with Crippen LogP contribution in [0.3, 0.4) is 0 Å². The Morgan fingerprint density at radius 2 is 0.821 bits per heavy atom. The smallest absolute Gasteiger partial charge is 0.0494 e. The van der Waals surface area contributed by atoms with Gasteiger partial charge in [-0.3, -0.25) is 0 Å². The van der Waals surface area contributed by atoms with Crippen LogP contribution in [0.25, 0.3) is 0 Å². The van der Waals surface area contributed by atoms with Crippen LogP contribution >= 0.6 is 0 Å². The van der Waals surface area contributed by atoms with Crippen LogP contribution in [0.5, 0.6) is 0 Å². The first kappa shape index (κ1) is 27.9. The van der Waals surface area contributed by atoms with E-state index >= 15 is 0 Å². The molecule has 0 radical (unpaired) electrons. The molecule has 0 bridgehead atoms. The van der Waals surface area contributed by atoms with Gasteiger partial charge in [0, 0.05) is 26.4 Å². The third-order valence-corrected chi connectivity index (χ3v) is 6.12. The Morgan fingerprint density at radius 1 is 0.464 bits per heavy atom. The van der Waals surface area contributed by atoms with Gasteiger partial charge in [-0.2, -0.15) is 0 Å². The molecule has 0 heterocycles. The van der Waals surface area contributed by atoms with Gasteiger partial charge in [-0.25, -0.2) is 0 Å². The molecule has 2 unspecified atom stereocenters. The van der Waals surface area contributed by atoms with Gasteiger partial charge in [-0.15, -0.1) is 0 Å².